The minimum absolute atomic E-state index is 0.187. The lowest BCUT2D eigenvalue weighted by Crippen LogP contribution is -2.41. The van der Waals surface area contributed by atoms with Crippen LogP contribution in [0.15, 0.2) is 12.1 Å². The summed E-state index contributed by atoms with van der Waals surface area (Å²) >= 11 is 6.14. The number of pyridine rings is 1. The number of nitrogens with zero attached hydrogens (tertiary/aromatic N) is 2. The number of nitrogens with one attached hydrogen (secondary N) is 1. The second-order valence-electron chi connectivity index (χ2n) is 4.57. The number of halogens is 1. The van der Waals surface area contributed by atoms with Crippen LogP contribution in [0.25, 0.3) is 0 Å². The molecule has 0 aliphatic carbocycles. The third-order valence-electron chi connectivity index (χ3n) is 3.38. The molecule has 0 aromatic carbocycles. The standard InChI is InChI=1S/C12H19ClN4O/c13-10-4-5-12(16-14)15-11(10)7-17-6-2-1-3-9(17)8-18/h4-5,9,18H,1-3,6-8,14H2,(H,15,16). The molecule has 2 heterocycles. The number of nitrogens with two attached hydrogens (primary N) is 1. The molecule has 1 aromatic heterocycles. The number of rotatable bonds is 4. The monoisotopic (exact) mass is 270 g/mol. The molecule has 1 aromatic rings. The van der Waals surface area contributed by atoms with Crippen molar-refractivity contribution >= 4 is 17.4 Å². The highest BCUT2D eigenvalue weighted by atomic mass is 35.5. The van der Waals surface area contributed by atoms with E-state index in [0.717, 1.165) is 25.1 Å². The van der Waals surface area contributed by atoms with E-state index in [1.807, 2.05) is 0 Å². The number of anilines is 1. The Labute approximate surface area is 112 Å². The van der Waals surface area contributed by atoms with Gasteiger partial charge in [0.2, 0.25) is 0 Å². The number of hydrogen-bond donors (Lipinski definition) is 3. The molecule has 1 atom stereocenters. The van der Waals surface area contributed by atoms with Crippen LogP contribution in [0, 0.1) is 0 Å². The van der Waals surface area contributed by atoms with Gasteiger partial charge >= 0.3 is 0 Å². The predicted molar refractivity (Wildman–Crippen MR) is 72.2 cm³/mol. The van der Waals surface area contributed by atoms with Crippen LogP contribution in [0.4, 0.5) is 5.82 Å². The fraction of sp³-hybridized carbons (Fsp3) is 0.583. The van der Waals surface area contributed by atoms with E-state index in [4.69, 9.17) is 17.4 Å². The van der Waals surface area contributed by atoms with Gasteiger partial charge in [0, 0.05) is 12.6 Å². The number of aromatic nitrogens is 1. The molecule has 6 heteroatoms. The van der Waals surface area contributed by atoms with Gasteiger partial charge in [-0.05, 0) is 31.5 Å². The SMILES string of the molecule is NNc1ccc(Cl)c(CN2CCCCC2CO)n1. The van der Waals surface area contributed by atoms with Crippen molar-refractivity contribution in [1.82, 2.24) is 9.88 Å². The molecule has 5 nitrogen and oxygen atoms in total. The molecule has 0 spiro atoms. The van der Waals surface area contributed by atoms with E-state index in [-0.39, 0.29) is 12.6 Å². The van der Waals surface area contributed by atoms with Crippen molar-refractivity contribution < 1.29 is 5.11 Å². The van der Waals surface area contributed by atoms with E-state index in [1.165, 1.54) is 6.42 Å². The van der Waals surface area contributed by atoms with Gasteiger partial charge in [-0.3, -0.25) is 4.90 Å². The highest BCUT2D eigenvalue weighted by Gasteiger charge is 2.22. The van der Waals surface area contributed by atoms with E-state index in [1.54, 1.807) is 12.1 Å². The summed E-state index contributed by atoms with van der Waals surface area (Å²) in [5.41, 5.74) is 3.32. The minimum atomic E-state index is 0.187. The molecule has 4 N–H and O–H groups in total. The Bertz CT molecular complexity index is 402. The van der Waals surface area contributed by atoms with Crippen LogP contribution in [-0.2, 0) is 6.54 Å². The molecule has 1 unspecified atom stereocenters. The third-order valence-corrected chi connectivity index (χ3v) is 3.72. The van der Waals surface area contributed by atoms with Crippen LogP contribution < -0.4 is 11.3 Å². The van der Waals surface area contributed by atoms with Gasteiger partial charge in [-0.2, -0.15) is 0 Å². The van der Waals surface area contributed by atoms with Crippen molar-refractivity contribution in [3.63, 3.8) is 0 Å². The van der Waals surface area contributed by atoms with E-state index < -0.39 is 0 Å². The second-order valence-corrected chi connectivity index (χ2v) is 4.98. The Balaban J connectivity index is 2.11. The number of aliphatic hydroxyl groups excluding tert-OH is 1. The Kier molecular flexibility index (Phi) is 4.77. The Hall–Kier alpha value is -0.880. The molecule has 0 saturated carbocycles. The van der Waals surface area contributed by atoms with Crippen molar-refractivity contribution in [1.29, 1.82) is 0 Å². The second kappa shape index (κ2) is 6.33. The predicted octanol–water partition coefficient (Wildman–Crippen LogP) is 1.37. The number of piperidine rings is 1. The molecule has 1 aliphatic rings. The molecular formula is C12H19ClN4O. The molecular weight excluding hydrogens is 252 g/mol. The summed E-state index contributed by atoms with van der Waals surface area (Å²) in [5, 5.41) is 10.0. The van der Waals surface area contributed by atoms with Crippen LogP contribution in [0.2, 0.25) is 5.02 Å². The van der Waals surface area contributed by atoms with Crippen LogP contribution in [0.3, 0.4) is 0 Å². The first-order valence-corrected chi connectivity index (χ1v) is 6.59. The van der Waals surface area contributed by atoms with Gasteiger partial charge < -0.3 is 10.5 Å². The maximum atomic E-state index is 9.38. The lowest BCUT2D eigenvalue weighted by atomic mass is 10.0. The summed E-state index contributed by atoms with van der Waals surface area (Å²) in [6.45, 7) is 1.82. The van der Waals surface area contributed by atoms with Crippen molar-refractivity contribution in [2.24, 2.45) is 5.84 Å². The summed E-state index contributed by atoms with van der Waals surface area (Å²) in [5.74, 6) is 5.95. The molecule has 0 bridgehead atoms. The van der Waals surface area contributed by atoms with Gasteiger partial charge in [-0.25, -0.2) is 10.8 Å². The highest BCUT2D eigenvalue weighted by Crippen LogP contribution is 2.23. The van der Waals surface area contributed by atoms with Gasteiger partial charge in [-0.1, -0.05) is 18.0 Å². The Morgan fingerprint density at radius 2 is 2.33 bits per heavy atom. The molecule has 1 fully saturated rings. The van der Waals surface area contributed by atoms with E-state index in [9.17, 15) is 5.11 Å². The Morgan fingerprint density at radius 1 is 1.50 bits per heavy atom. The molecule has 1 saturated heterocycles. The van der Waals surface area contributed by atoms with Crippen molar-refractivity contribution in [3.05, 3.63) is 22.8 Å². The molecule has 0 amide bonds. The quantitative estimate of drug-likeness (QED) is 0.569. The van der Waals surface area contributed by atoms with Gasteiger partial charge in [-0.15, -0.1) is 0 Å². The van der Waals surface area contributed by atoms with E-state index in [0.29, 0.717) is 17.4 Å². The lowest BCUT2D eigenvalue weighted by molar-refractivity contribution is 0.0831. The molecule has 100 valence electrons. The van der Waals surface area contributed by atoms with Gasteiger partial charge in [0.25, 0.3) is 0 Å². The lowest BCUT2D eigenvalue weighted by Gasteiger charge is -2.34. The minimum Gasteiger partial charge on any atom is -0.395 e. The van der Waals surface area contributed by atoms with Crippen molar-refractivity contribution in [2.75, 3.05) is 18.6 Å². The number of hydrazine groups is 1. The average molecular weight is 271 g/mol. The first kappa shape index (κ1) is 13.5. The van der Waals surface area contributed by atoms with Crippen LogP contribution >= 0.6 is 11.6 Å². The summed E-state index contributed by atoms with van der Waals surface area (Å²) in [4.78, 5) is 6.60. The maximum Gasteiger partial charge on any atom is 0.140 e. The zero-order chi connectivity index (χ0) is 13.0. The van der Waals surface area contributed by atoms with E-state index >= 15 is 0 Å². The fourth-order valence-electron chi connectivity index (χ4n) is 2.34. The van der Waals surface area contributed by atoms with Crippen LogP contribution in [0.1, 0.15) is 25.0 Å². The molecule has 18 heavy (non-hydrogen) atoms. The normalized spacial score (nSPS) is 20.9. The van der Waals surface area contributed by atoms with Crippen LogP contribution in [0.5, 0.6) is 0 Å². The van der Waals surface area contributed by atoms with Crippen molar-refractivity contribution in [2.45, 2.75) is 31.8 Å². The topological polar surface area (TPSA) is 74.4 Å². The third kappa shape index (κ3) is 3.11. The number of aliphatic hydroxyl groups is 1. The van der Waals surface area contributed by atoms with E-state index in [2.05, 4.69) is 15.3 Å². The zero-order valence-electron chi connectivity index (χ0n) is 10.3. The zero-order valence-corrected chi connectivity index (χ0v) is 11.0. The smallest absolute Gasteiger partial charge is 0.140 e. The summed E-state index contributed by atoms with van der Waals surface area (Å²) in [6.07, 6.45) is 3.36. The highest BCUT2D eigenvalue weighted by molar-refractivity contribution is 6.31. The summed E-state index contributed by atoms with van der Waals surface area (Å²) < 4.78 is 0. The first-order valence-electron chi connectivity index (χ1n) is 6.21. The summed E-state index contributed by atoms with van der Waals surface area (Å²) in [6, 6.07) is 3.74. The molecule has 2 rings (SSSR count). The first-order chi connectivity index (χ1) is 8.74. The summed E-state index contributed by atoms with van der Waals surface area (Å²) in [7, 11) is 0. The average Bonchev–Trinajstić information content (AvgIpc) is 2.42. The number of nitrogen functional groups attached to an aromatic ring is 1. The number of likely N-dealkylation sites (tertiary alicyclic amines) is 1. The largest absolute Gasteiger partial charge is 0.395 e. The van der Waals surface area contributed by atoms with Gasteiger partial charge in [0.1, 0.15) is 5.82 Å². The molecule has 0 radical (unpaired) electrons. The maximum absolute atomic E-state index is 9.38. The van der Waals surface area contributed by atoms with Crippen molar-refractivity contribution in [3.8, 4) is 0 Å². The van der Waals surface area contributed by atoms with Crippen LogP contribution in [-0.4, -0.2) is 34.2 Å². The fourth-order valence-corrected chi connectivity index (χ4v) is 2.51. The van der Waals surface area contributed by atoms with Gasteiger partial charge in [0.15, 0.2) is 0 Å². The number of hydrogen-bond acceptors (Lipinski definition) is 5. The molecule has 1 aliphatic heterocycles. The van der Waals surface area contributed by atoms with Gasteiger partial charge in [0.05, 0.1) is 17.3 Å². The Morgan fingerprint density at radius 3 is 3.06 bits per heavy atom.